The Kier molecular flexibility index (Phi) is 6.89. The number of rotatable bonds is 7. The number of ether oxygens (including phenoxy) is 2. The maximum Gasteiger partial charge on any atom is 0.534 e. The van der Waals surface area contributed by atoms with Gasteiger partial charge in [-0.05, 0) is 17.7 Å². The molecular weight excluding hydrogens is 475 g/mol. The van der Waals surface area contributed by atoms with Crippen LogP contribution < -0.4 is 13.8 Å². The predicted molar refractivity (Wildman–Crippen MR) is 117 cm³/mol. The van der Waals surface area contributed by atoms with Gasteiger partial charge in [0, 0.05) is 24.7 Å². The van der Waals surface area contributed by atoms with Gasteiger partial charge in [-0.2, -0.15) is 26.6 Å². The summed E-state index contributed by atoms with van der Waals surface area (Å²) in [6.45, 7) is 1.82. The van der Waals surface area contributed by atoms with Crippen LogP contribution in [0, 0.1) is 0 Å². The molecule has 8 nitrogen and oxygen atoms in total. The fraction of sp³-hybridized carbons (Fsp3) is 0.273. The number of aromatic nitrogens is 2. The lowest BCUT2D eigenvalue weighted by molar-refractivity contribution is -0.0501. The van der Waals surface area contributed by atoms with Crippen LogP contribution in [-0.2, 0) is 21.5 Å². The predicted octanol–water partition coefficient (Wildman–Crippen LogP) is 3.79. The van der Waals surface area contributed by atoms with Crippen LogP contribution in [0.4, 0.5) is 19.1 Å². The van der Waals surface area contributed by atoms with Crippen molar-refractivity contribution in [3.05, 3.63) is 66.2 Å². The zero-order valence-electron chi connectivity index (χ0n) is 17.7. The highest BCUT2D eigenvalue weighted by atomic mass is 32.2. The van der Waals surface area contributed by atoms with Gasteiger partial charge in [0.1, 0.15) is 12.4 Å². The molecule has 1 fully saturated rings. The number of hydrogen-bond donors (Lipinski definition) is 0. The molecule has 0 amide bonds. The van der Waals surface area contributed by atoms with Crippen LogP contribution >= 0.6 is 0 Å². The quantitative estimate of drug-likeness (QED) is 0.361. The molecule has 0 unspecified atom stereocenters. The SMILES string of the molecule is O=S(=O)(Oc1cc(-c2cccc(OCc3ccccc3)c2)nc(N2CCOCC2)n1)C(F)(F)F. The van der Waals surface area contributed by atoms with E-state index in [9.17, 15) is 21.6 Å². The second kappa shape index (κ2) is 9.85. The number of benzene rings is 2. The molecule has 0 bridgehead atoms. The van der Waals surface area contributed by atoms with Crippen LogP contribution in [0.2, 0.25) is 0 Å². The third-order valence-corrected chi connectivity index (χ3v) is 5.80. The van der Waals surface area contributed by atoms with Gasteiger partial charge in [0.2, 0.25) is 11.8 Å². The van der Waals surface area contributed by atoms with Crippen molar-refractivity contribution in [3.63, 3.8) is 0 Å². The Balaban J connectivity index is 1.66. The van der Waals surface area contributed by atoms with Crippen LogP contribution in [0.25, 0.3) is 11.3 Å². The van der Waals surface area contributed by atoms with E-state index in [-0.39, 0.29) is 11.6 Å². The van der Waals surface area contributed by atoms with Crippen molar-refractivity contribution in [3.8, 4) is 22.9 Å². The Morgan fingerprint density at radius 3 is 2.41 bits per heavy atom. The average molecular weight is 495 g/mol. The lowest BCUT2D eigenvalue weighted by Crippen LogP contribution is -2.37. The zero-order chi connectivity index (χ0) is 24.2. The first kappa shape index (κ1) is 23.8. The first-order valence-electron chi connectivity index (χ1n) is 10.2. The third-order valence-electron chi connectivity index (χ3n) is 4.84. The van der Waals surface area contributed by atoms with Gasteiger partial charge in [-0.15, -0.1) is 0 Å². The van der Waals surface area contributed by atoms with Crippen LogP contribution in [0.3, 0.4) is 0 Å². The molecule has 0 radical (unpaired) electrons. The topological polar surface area (TPSA) is 90.9 Å². The van der Waals surface area contributed by atoms with Gasteiger partial charge in [0.05, 0.1) is 18.9 Å². The molecule has 1 saturated heterocycles. The molecule has 34 heavy (non-hydrogen) atoms. The molecule has 1 aliphatic rings. The average Bonchev–Trinajstić information content (AvgIpc) is 2.83. The summed E-state index contributed by atoms with van der Waals surface area (Å²) in [4.78, 5) is 10.0. The highest BCUT2D eigenvalue weighted by molar-refractivity contribution is 7.87. The number of alkyl halides is 3. The van der Waals surface area contributed by atoms with Crippen LogP contribution in [-0.4, -0.2) is 50.2 Å². The van der Waals surface area contributed by atoms with Crippen molar-refractivity contribution in [1.29, 1.82) is 0 Å². The molecule has 2 heterocycles. The molecule has 4 rings (SSSR count). The van der Waals surface area contributed by atoms with E-state index in [0.29, 0.717) is 44.2 Å². The van der Waals surface area contributed by atoms with Crippen LogP contribution in [0.15, 0.2) is 60.7 Å². The minimum atomic E-state index is -5.90. The Bertz CT molecular complexity index is 1230. The molecule has 0 aliphatic carbocycles. The molecule has 0 atom stereocenters. The second-order valence-electron chi connectivity index (χ2n) is 7.28. The molecule has 0 N–H and O–H groups in total. The summed E-state index contributed by atoms with van der Waals surface area (Å²) in [6, 6.07) is 17.3. The fourth-order valence-electron chi connectivity index (χ4n) is 3.15. The van der Waals surface area contributed by atoms with Gasteiger partial charge in [0.25, 0.3) is 0 Å². The smallest absolute Gasteiger partial charge is 0.489 e. The van der Waals surface area contributed by atoms with E-state index in [4.69, 9.17) is 9.47 Å². The van der Waals surface area contributed by atoms with E-state index in [0.717, 1.165) is 11.6 Å². The van der Waals surface area contributed by atoms with E-state index in [1.807, 2.05) is 30.3 Å². The van der Waals surface area contributed by atoms with Gasteiger partial charge in [-0.25, -0.2) is 4.98 Å². The summed E-state index contributed by atoms with van der Waals surface area (Å²) in [5, 5.41) is 0. The van der Waals surface area contributed by atoms with E-state index < -0.39 is 21.5 Å². The zero-order valence-corrected chi connectivity index (χ0v) is 18.6. The van der Waals surface area contributed by atoms with E-state index in [1.165, 1.54) is 0 Å². The van der Waals surface area contributed by atoms with Crippen molar-refractivity contribution >= 4 is 16.1 Å². The summed E-state index contributed by atoms with van der Waals surface area (Å²) in [7, 11) is -5.90. The number of morpholine rings is 1. The molecule has 0 spiro atoms. The number of hydrogen-bond acceptors (Lipinski definition) is 8. The summed E-state index contributed by atoms with van der Waals surface area (Å²) in [5.41, 5.74) is -3.98. The van der Waals surface area contributed by atoms with Crippen LogP contribution in [0.1, 0.15) is 5.56 Å². The van der Waals surface area contributed by atoms with Gasteiger partial charge in [-0.1, -0.05) is 42.5 Å². The van der Waals surface area contributed by atoms with E-state index >= 15 is 0 Å². The molecule has 1 aliphatic heterocycles. The van der Waals surface area contributed by atoms with Crippen molar-refractivity contribution < 1.29 is 35.2 Å². The highest BCUT2D eigenvalue weighted by Crippen LogP contribution is 2.31. The molecule has 180 valence electrons. The van der Waals surface area contributed by atoms with Gasteiger partial charge in [-0.3, -0.25) is 0 Å². The first-order valence-corrected chi connectivity index (χ1v) is 11.6. The van der Waals surface area contributed by atoms with Crippen molar-refractivity contribution in [2.75, 3.05) is 31.2 Å². The Morgan fingerprint density at radius 1 is 0.971 bits per heavy atom. The molecule has 12 heteroatoms. The van der Waals surface area contributed by atoms with Crippen molar-refractivity contribution in [2.24, 2.45) is 0 Å². The molecule has 0 saturated carbocycles. The summed E-state index contributed by atoms with van der Waals surface area (Å²) in [6.07, 6.45) is 0. The second-order valence-corrected chi connectivity index (χ2v) is 8.81. The number of anilines is 1. The molecule has 1 aromatic heterocycles. The maximum atomic E-state index is 12.9. The van der Waals surface area contributed by atoms with Gasteiger partial charge < -0.3 is 18.6 Å². The van der Waals surface area contributed by atoms with Crippen molar-refractivity contribution in [1.82, 2.24) is 9.97 Å². The molecule has 2 aromatic carbocycles. The summed E-state index contributed by atoms with van der Waals surface area (Å²) in [5.74, 6) is -0.207. The number of halogens is 3. The summed E-state index contributed by atoms with van der Waals surface area (Å²) >= 11 is 0. The van der Waals surface area contributed by atoms with Gasteiger partial charge in [0.15, 0.2) is 0 Å². The Hall–Kier alpha value is -3.38. The van der Waals surface area contributed by atoms with E-state index in [2.05, 4.69) is 14.2 Å². The van der Waals surface area contributed by atoms with Crippen LogP contribution in [0.5, 0.6) is 11.6 Å². The fourth-order valence-corrected chi connectivity index (χ4v) is 3.56. The monoisotopic (exact) mass is 495 g/mol. The Morgan fingerprint density at radius 2 is 1.71 bits per heavy atom. The molecule has 3 aromatic rings. The first-order chi connectivity index (χ1) is 16.2. The van der Waals surface area contributed by atoms with Gasteiger partial charge >= 0.3 is 15.6 Å². The van der Waals surface area contributed by atoms with Crippen molar-refractivity contribution in [2.45, 2.75) is 12.1 Å². The van der Waals surface area contributed by atoms with E-state index in [1.54, 1.807) is 29.2 Å². The molecular formula is C22H20F3N3O5S. The standard InChI is InChI=1S/C22H20F3N3O5S/c23-22(24,25)34(29,30)33-20-14-19(26-21(27-20)28-9-11-31-12-10-28)17-7-4-8-18(13-17)32-15-16-5-2-1-3-6-16/h1-8,13-14H,9-12,15H2. The number of nitrogens with zero attached hydrogens (tertiary/aromatic N) is 3. The Labute approximate surface area is 194 Å². The minimum absolute atomic E-state index is 0.0313. The summed E-state index contributed by atoms with van der Waals surface area (Å²) < 4.78 is 77.2. The third kappa shape index (κ3) is 5.75. The minimum Gasteiger partial charge on any atom is -0.489 e. The largest absolute Gasteiger partial charge is 0.534 e. The maximum absolute atomic E-state index is 12.9. The normalized spacial score (nSPS) is 14.6. The highest BCUT2D eigenvalue weighted by Gasteiger charge is 2.49. The lowest BCUT2D eigenvalue weighted by Gasteiger charge is -2.27. The lowest BCUT2D eigenvalue weighted by atomic mass is 10.1.